The molecule has 0 saturated carbocycles. The van der Waals surface area contributed by atoms with Crippen LogP contribution in [-0.4, -0.2) is 26.4 Å². The number of hydrogen-bond acceptors (Lipinski definition) is 4. The van der Waals surface area contributed by atoms with E-state index in [-0.39, 0.29) is 24.3 Å². The second-order valence-corrected chi connectivity index (χ2v) is 8.34. The molecule has 1 aliphatic heterocycles. The number of nitrogens with one attached hydrogen (secondary N) is 2. The van der Waals surface area contributed by atoms with Gasteiger partial charge in [0.15, 0.2) is 10.6 Å². The molecule has 2 heterocycles. The fourth-order valence-electron chi connectivity index (χ4n) is 3.18. The fourth-order valence-corrected chi connectivity index (χ4v) is 4.61. The largest absolute Gasteiger partial charge is 0.348 e. The first-order chi connectivity index (χ1) is 13.5. The summed E-state index contributed by atoms with van der Waals surface area (Å²) in [6, 6.07) is 11.6. The molecule has 0 saturated heterocycles. The Morgan fingerprint density at radius 3 is 2.93 bits per heavy atom. The van der Waals surface area contributed by atoms with Gasteiger partial charge >= 0.3 is 0 Å². The Balaban J connectivity index is 1.55. The van der Waals surface area contributed by atoms with E-state index < -0.39 is 0 Å². The van der Waals surface area contributed by atoms with Crippen LogP contribution in [0.15, 0.2) is 47.4 Å². The predicted octanol–water partition coefficient (Wildman–Crippen LogP) is 4.75. The lowest BCUT2D eigenvalue weighted by Crippen LogP contribution is -2.33. The first-order valence-electron chi connectivity index (χ1n) is 8.64. The molecule has 144 valence electrons. The number of carbonyl (C=O) groups excluding carboxylic acids is 1. The molecule has 3 aromatic rings. The molecule has 5 nitrogen and oxygen atoms in total. The molecule has 1 aromatic heterocycles. The van der Waals surface area contributed by atoms with Gasteiger partial charge in [-0.1, -0.05) is 11.6 Å². The van der Waals surface area contributed by atoms with E-state index in [0.717, 1.165) is 28.2 Å². The molecule has 1 atom stereocenters. The van der Waals surface area contributed by atoms with Crippen LogP contribution in [0, 0.1) is 10.6 Å². The van der Waals surface area contributed by atoms with Gasteiger partial charge in [-0.15, -0.1) is 11.8 Å². The molecule has 28 heavy (non-hydrogen) atoms. The number of rotatable bonds is 4. The molecule has 2 N–H and O–H groups in total. The molecule has 4 rings (SSSR count). The fraction of sp³-hybridized carbons (Fsp3) is 0.211. The summed E-state index contributed by atoms with van der Waals surface area (Å²) >= 11 is 12.9. The zero-order chi connectivity index (χ0) is 19.7. The number of aromatic amines is 1. The molecule has 0 radical (unpaired) electrons. The number of benzene rings is 2. The number of hydrogen-bond donors (Lipinski definition) is 2. The van der Waals surface area contributed by atoms with Crippen LogP contribution in [-0.2, 0) is 11.3 Å². The highest BCUT2D eigenvalue weighted by molar-refractivity contribution is 7.99. The SMILES string of the molecule is O=C(Cn1c(-c2ccc(Cl)cc2)n[nH]c1=S)NC1CCSc2ccc(F)cc21. The molecule has 0 fully saturated rings. The van der Waals surface area contributed by atoms with Crippen molar-refractivity contribution in [1.29, 1.82) is 0 Å². The Morgan fingerprint density at radius 2 is 2.14 bits per heavy atom. The van der Waals surface area contributed by atoms with E-state index in [4.69, 9.17) is 23.8 Å². The van der Waals surface area contributed by atoms with E-state index in [1.54, 1.807) is 34.5 Å². The predicted molar refractivity (Wildman–Crippen MR) is 110 cm³/mol. The zero-order valence-electron chi connectivity index (χ0n) is 14.6. The van der Waals surface area contributed by atoms with E-state index in [9.17, 15) is 9.18 Å². The summed E-state index contributed by atoms with van der Waals surface area (Å²) in [6.07, 6.45) is 0.744. The van der Waals surface area contributed by atoms with Crippen molar-refractivity contribution < 1.29 is 9.18 Å². The van der Waals surface area contributed by atoms with E-state index in [1.165, 1.54) is 12.1 Å². The highest BCUT2D eigenvalue weighted by Gasteiger charge is 2.23. The van der Waals surface area contributed by atoms with Gasteiger partial charge in [-0.2, -0.15) is 5.10 Å². The van der Waals surface area contributed by atoms with Crippen molar-refractivity contribution in [2.45, 2.75) is 23.9 Å². The highest BCUT2D eigenvalue weighted by Crippen LogP contribution is 2.36. The van der Waals surface area contributed by atoms with Crippen molar-refractivity contribution >= 4 is 41.5 Å². The van der Waals surface area contributed by atoms with Crippen molar-refractivity contribution in [1.82, 2.24) is 20.1 Å². The molecule has 0 spiro atoms. The third kappa shape index (κ3) is 3.99. The molecule has 0 aliphatic carbocycles. The molecule has 1 unspecified atom stereocenters. The number of nitrogens with zero attached hydrogens (tertiary/aromatic N) is 2. The number of fused-ring (bicyclic) bond motifs is 1. The van der Waals surface area contributed by atoms with Crippen molar-refractivity contribution in [2.24, 2.45) is 0 Å². The van der Waals surface area contributed by atoms with Gasteiger partial charge in [-0.3, -0.25) is 14.5 Å². The molecule has 0 bridgehead atoms. The number of H-pyrrole nitrogens is 1. The highest BCUT2D eigenvalue weighted by atomic mass is 35.5. The smallest absolute Gasteiger partial charge is 0.240 e. The van der Waals surface area contributed by atoms with Crippen LogP contribution in [0.25, 0.3) is 11.4 Å². The first kappa shape index (κ1) is 19.2. The van der Waals surface area contributed by atoms with Crippen LogP contribution in [0.4, 0.5) is 4.39 Å². The van der Waals surface area contributed by atoms with Crippen molar-refractivity contribution in [3.63, 3.8) is 0 Å². The molecular formula is C19H16ClFN4OS2. The molecular weight excluding hydrogens is 419 g/mol. The van der Waals surface area contributed by atoms with Gasteiger partial charge in [0.2, 0.25) is 5.91 Å². The summed E-state index contributed by atoms with van der Waals surface area (Å²) in [5, 5.41) is 10.6. The maximum Gasteiger partial charge on any atom is 0.240 e. The van der Waals surface area contributed by atoms with Gasteiger partial charge < -0.3 is 5.32 Å². The third-order valence-electron chi connectivity index (χ3n) is 4.51. The van der Waals surface area contributed by atoms with Crippen LogP contribution in [0.1, 0.15) is 18.0 Å². The van der Waals surface area contributed by atoms with Crippen LogP contribution in [0.3, 0.4) is 0 Å². The Kier molecular flexibility index (Phi) is 5.52. The molecule has 1 amide bonds. The summed E-state index contributed by atoms with van der Waals surface area (Å²) in [5.41, 5.74) is 1.62. The van der Waals surface area contributed by atoms with Crippen LogP contribution >= 0.6 is 35.6 Å². The topological polar surface area (TPSA) is 62.7 Å². The Labute approximate surface area is 175 Å². The lowest BCUT2D eigenvalue weighted by molar-refractivity contribution is -0.122. The van der Waals surface area contributed by atoms with Crippen molar-refractivity contribution in [2.75, 3.05) is 5.75 Å². The molecule has 2 aromatic carbocycles. The Bertz CT molecular complexity index is 1080. The Morgan fingerprint density at radius 1 is 1.36 bits per heavy atom. The van der Waals surface area contributed by atoms with E-state index >= 15 is 0 Å². The van der Waals surface area contributed by atoms with E-state index in [0.29, 0.717) is 15.6 Å². The van der Waals surface area contributed by atoms with Crippen molar-refractivity contribution in [3.05, 3.63) is 63.6 Å². The van der Waals surface area contributed by atoms with Gasteiger partial charge in [-0.25, -0.2) is 4.39 Å². The summed E-state index contributed by atoms with van der Waals surface area (Å²) in [6.45, 7) is 0.0155. The van der Waals surface area contributed by atoms with Gasteiger partial charge in [0.25, 0.3) is 0 Å². The second kappa shape index (κ2) is 8.06. The number of aromatic nitrogens is 3. The zero-order valence-corrected chi connectivity index (χ0v) is 17.0. The minimum atomic E-state index is -0.303. The van der Waals surface area contributed by atoms with Crippen molar-refractivity contribution in [3.8, 4) is 11.4 Å². The Hall–Kier alpha value is -2.16. The summed E-state index contributed by atoms with van der Waals surface area (Å²) < 4.78 is 15.7. The summed E-state index contributed by atoms with van der Waals surface area (Å²) in [4.78, 5) is 13.7. The lowest BCUT2D eigenvalue weighted by atomic mass is 10.0. The number of thioether (sulfide) groups is 1. The number of amides is 1. The molecule has 9 heteroatoms. The lowest BCUT2D eigenvalue weighted by Gasteiger charge is -2.26. The first-order valence-corrected chi connectivity index (χ1v) is 10.4. The van der Waals surface area contributed by atoms with Crippen LogP contribution < -0.4 is 5.32 Å². The quantitative estimate of drug-likeness (QED) is 0.581. The monoisotopic (exact) mass is 434 g/mol. The number of halogens is 2. The van der Waals surface area contributed by atoms with Gasteiger partial charge in [0.1, 0.15) is 12.4 Å². The molecule has 1 aliphatic rings. The normalized spacial score (nSPS) is 15.9. The number of carbonyl (C=O) groups is 1. The van der Waals surface area contributed by atoms with Crippen LogP contribution in [0.2, 0.25) is 5.02 Å². The minimum Gasteiger partial charge on any atom is -0.348 e. The standard InChI is InChI=1S/C19H16ClFN4OS2/c20-12-3-1-11(2-4-12)18-23-24-19(27)25(18)10-17(26)22-15-7-8-28-16-6-5-13(21)9-14(15)16/h1-6,9,15H,7-8,10H2,(H,22,26)(H,24,27). The van der Waals surface area contributed by atoms with E-state index in [1.807, 2.05) is 12.1 Å². The summed E-state index contributed by atoms with van der Waals surface area (Å²) in [5.74, 6) is 0.912. The maximum absolute atomic E-state index is 13.7. The minimum absolute atomic E-state index is 0.0155. The van der Waals surface area contributed by atoms with E-state index in [2.05, 4.69) is 15.5 Å². The summed E-state index contributed by atoms with van der Waals surface area (Å²) in [7, 11) is 0. The second-order valence-electron chi connectivity index (χ2n) is 6.38. The van der Waals surface area contributed by atoms with Gasteiger partial charge in [0, 0.05) is 21.2 Å². The average molecular weight is 435 g/mol. The van der Waals surface area contributed by atoms with Gasteiger partial charge in [-0.05, 0) is 66.7 Å². The van der Waals surface area contributed by atoms with Crippen LogP contribution in [0.5, 0.6) is 0 Å². The van der Waals surface area contributed by atoms with Gasteiger partial charge in [0.05, 0.1) is 6.04 Å². The average Bonchev–Trinajstić information content (AvgIpc) is 3.03. The third-order valence-corrected chi connectivity index (χ3v) is 6.20. The maximum atomic E-state index is 13.7.